The Kier molecular flexibility index (Phi) is 6.94. The van der Waals surface area contributed by atoms with Crippen molar-refractivity contribution in [2.45, 2.75) is 38.1 Å². The molecule has 2 fully saturated rings. The minimum atomic E-state index is -0.332. The number of likely N-dealkylation sites (tertiary alicyclic amines) is 1. The van der Waals surface area contributed by atoms with Gasteiger partial charge in [-0.25, -0.2) is 0 Å². The summed E-state index contributed by atoms with van der Waals surface area (Å²) in [5.74, 6) is 2.24. The Balaban J connectivity index is 1.24. The van der Waals surface area contributed by atoms with E-state index in [1.54, 1.807) is 14.2 Å². The van der Waals surface area contributed by atoms with Gasteiger partial charge in [0.1, 0.15) is 17.2 Å². The summed E-state index contributed by atoms with van der Waals surface area (Å²) in [6.07, 6.45) is 5.07. The van der Waals surface area contributed by atoms with E-state index in [1.165, 1.54) is 16.5 Å². The standard InChI is InChI=1S/C27H34N2O5/c1-30-22-4-6-23(7-5-22)32-15-3-12-29-20-21(25-9-8-24(31-2)18-26(25)29)19-28-13-10-27(11-14-28)33-16-17-34-27/h4-9,18,20H,3,10-17,19H2,1-2H3. The molecule has 1 spiro atoms. The fourth-order valence-corrected chi connectivity index (χ4v) is 4.96. The molecule has 3 heterocycles. The predicted molar refractivity (Wildman–Crippen MR) is 131 cm³/mol. The van der Waals surface area contributed by atoms with Crippen LogP contribution in [-0.2, 0) is 22.6 Å². The van der Waals surface area contributed by atoms with Gasteiger partial charge in [-0.2, -0.15) is 0 Å². The van der Waals surface area contributed by atoms with Gasteiger partial charge in [-0.1, -0.05) is 0 Å². The molecule has 0 amide bonds. The summed E-state index contributed by atoms with van der Waals surface area (Å²) in [6, 6.07) is 14.1. The van der Waals surface area contributed by atoms with Crippen molar-refractivity contribution in [3.8, 4) is 17.2 Å². The van der Waals surface area contributed by atoms with Gasteiger partial charge < -0.3 is 28.3 Å². The Morgan fingerprint density at radius 1 is 0.882 bits per heavy atom. The Bertz CT molecular complexity index is 1080. The summed E-state index contributed by atoms with van der Waals surface area (Å²) < 4.78 is 30.8. The summed E-state index contributed by atoms with van der Waals surface area (Å²) in [6.45, 7) is 5.87. The van der Waals surface area contributed by atoms with Crippen LogP contribution in [-0.4, -0.2) is 62.4 Å². The van der Waals surface area contributed by atoms with Gasteiger partial charge in [0.25, 0.3) is 0 Å². The lowest BCUT2D eigenvalue weighted by molar-refractivity contribution is -0.185. The van der Waals surface area contributed by atoms with Crippen LogP contribution < -0.4 is 14.2 Å². The first-order chi connectivity index (χ1) is 16.7. The van der Waals surface area contributed by atoms with Crippen LogP contribution in [0.1, 0.15) is 24.8 Å². The number of aryl methyl sites for hydroxylation is 1. The van der Waals surface area contributed by atoms with E-state index >= 15 is 0 Å². The predicted octanol–water partition coefficient (Wildman–Crippen LogP) is 4.47. The lowest BCUT2D eigenvalue weighted by atomic mass is 10.0. The molecule has 0 aliphatic carbocycles. The van der Waals surface area contributed by atoms with Gasteiger partial charge in [0.15, 0.2) is 5.79 Å². The number of hydrogen-bond donors (Lipinski definition) is 0. The van der Waals surface area contributed by atoms with Crippen LogP contribution in [0.25, 0.3) is 10.9 Å². The highest BCUT2D eigenvalue weighted by Gasteiger charge is 2.39. The topological polar surface area (TPSA) is 54.3 Å². The van der Waals surface area contributed by atoms with Crippen molar-refractivity contribution in [3.05, 3.63) is 54.2 Å². The van der Waals surface area contributed by atoms with Crippen LogP contribution in [0.4, 0.5) is 0 Å². The van der Waals surface area contributed by atoms with E-state index in [0.717, 1.165) is 75.9 Å². The summed E-state index contributed by atoms with van der Waals surface area (Å²) >= 11 is 0. The van der Waals surface area contributed by atoms with Crippen LogP contribution in [0.15, 0.2) is 48.7 Å². The fraction of sp³-hybridized carbons (Fsp3) is 0.481. The molecule has 2 aliphatic heterocycles. The monoisotopic (exact) mass is 466 g/mol. The van der Waals surface area contributed by atoms with E-state index < -0.39 is 0 Å². The van der Waals surface area contributed by atoms with Crippen LogP contribution >= 0.6 is 0 Å². The zero-order chi connectivity index (χ0) is 23.4. The van der Waals surface area contributed by atoms with Gasteiger partial charge in [0, 0.05) is 56.7 Å². The fourth-order valence-electron chi connectivity index (χ4n) is 4.96. The third-order valence-electron chi connectivity index (χ3n) is 6.87. The molecule has 0 N–H and O–H groups in total. The number of aromatic nitrogens is 1. The highest BCUT2D eigenvalue weighted by atomic mass is 16.7. The number of rotatable bonds is 9. The zero-order valence-electron chi connectivity index (χ0n) is 20.1. The molecule has 182 valence electrons. The number of fused-ring (bicyclic) bond motifs is 1. The van der Waals surface area contributed by atoms with Crippen LogP contribution in [0, 0.1) is 0 Å². The van der Waals surface area contributed by atoms with Gasteiger partial charge in [0.05, 0.1) is 39.6 Å². The van der Waals surface area contributed by atoms with Gasteiger partial charge in [0.2, 0.25) is 0 Å². The average Bonchev–Trinajstić information content (AvgIpc) is 3.48. The number of hydrogen-bond acceptors (Lipinski definition) is 6. The lowest BCUT2D eigenvalue weighted by Gasteiger charge is -2.37. The molecule has 2 aromatic carbocycles. The second kappa shape index (κ2) is 10.3. The first-order valence-corrected chi connectivity index (χ1v) is 12.1. The maximum absolute atomic E-state index is 5.93. The normalized spacial score (nSPS) is 17.9. The smallest absolute Gasteiger partial charge is 0.170 e. The molecule has 0 unspecified atom stereocenters. The van der Waals surface area contributed by atoms with E-state index in [0.29, 0.717) is 6.61 Å². The number of ether oxygens (including phenoxy) is 5. The minimum Gasteiger partial charge on any atom is -0.497 e. The molecule has 1 aromatic heterocycles. The average molecular weight is 467 g/mol. The second-order valence-corrected chi connectivity index (χ2v) is 8.99. The zero-order valence-corrected chi connectivity index (χ0v) is 20.1. The van der Waals surface area contributed by atoms with Crippen molar-refractivity contribution in [2.24, 2.45) is 0 Å². The molecular weight excluding hydrogens is 432 g/mol. The van der Waals surface area contributed by atoms with E-state index in [-0.39, 0.29) is 5.79 Å². The van der Waals surface area contributed by atoms with Crippen molar-refractivity contribution in [1.29, 1.82) is 0 Å². The molecule has 0 radical (unpaired) electrons. The van der Waals surface area contributed by atoms with Crippen LogP contribution in [0.5, 0.6) is 17.2 Å². The molecule has 7 nitrogen and oxygen atoms in total. The third-order valence-corrected chi connectivity index (χ3v) is 6.87. The minimum absolute atomic E-state index is 0.332. The SMILES string of the molecule is COc1ccc(OCCCn2cc(CN3CCC4(CC3)OCCO4)c3ccc(OC)cc32)cc1. The maximum atomic E-state index is 5.93. The first kappa shape index (κ1) is 23.0. The van der Waals surface area contributed by atoms with Crippen molar-refractivity contribution in [1.82, 2.24) is 9.47 Å². The quantitative estimate of drug-likeness (QED) is 0.434. The van der Waals surface area contributed by atoms with E-state index in [9.17, 15) is 0 Å². The second-order valence-electron chi connectivity index (χ2n) is 8.99. The summed E-state index contributed by atoms with van der Waals surface area (Å²) in [4.78, 5) is 2.51. The van der Waals surface area contributed by atoms with E-state index in [4.69, 9.17) is 23.7 Å². The maximum Gasteiger partial charge on any atom is 0.170 e. The Morgan fingerprint density at radius 3 is 2.26 bits per heavy atom. The highest BCUT2D eigenvalue weighted by molar-refractivity contribution is 5.85. The number of methoxy groups -OCH3 is 2. The van der Waals surface area contributed by atoms with E-state index in [2.05, 4.69) is 27.8 Å². The largest absolute Gasteiger partial charge is 0.497 e. The van der Waals surface area contributed by atoms with Crippen molar-refractivity contribution >= 4 is 10.9 Å². The molecule has 2 saturated heterocycles. The van der Waals surface area contributed by atoms with Gasteiger partial charge >= 0.3 is 0 Å². The number of benzene rings is 2. The molecule has 2 aliphatic rings. The first-order valence-electron chi connectivity index (χ1n) is 12.1. The Hall–Kier alpha value is -2.74. The molecule has 3 aromatic rings. The van der Waals surface area contributed by atoms with Crippen LogP contribution in [0.3, 0.4) is 0 Å². The third kappa shape index (κ3) is 5.02. The summed E-state index contributed by atoms with van der Waals surface area (Å²) in [5, 5.41) is 1.28. The molecule has 34 heavy (non-hydrogen) atoms. The van der Waals surface area contributed by atoms with Gasteiger partial charge in [-0.05, 0) is 48.4 Å². The summed E-state index contributed by atoms with van der Waals surface area (Å²) in [7, 11) is 3.38. The Morgan fingerprint density at radius 2 is 1.56 bits per heavy atom. The van der Waals surface area contributed by atoms with E-state index in [1.807, 2.05) is 30.3 Å². The molecule has 7 heteroatoms. The number of nitrogens with zero attached hydrogens (tertiary/aromatic N) is 2. The lowest BCUT2D eigenvalue weighted by Crippen LogP contribution is -2.44. The van der Waals surface area contributed by atoms with Crippen molar-refractivity contribution < 1.29 is 23.7 Å². The number of piperidine rings is 1. The summed E-state index contributed by atoms with van der Waals surface area (Å²) in [5.41, 5.74) is 2.55. The Labute approximate surface area is 201 Å². The molecule has 5 rings (SSSR count). The highest BCUT2D eigenvalue weighted by Crippen LogP contribution is 2.33. The molecule has 0 saturated carbocycles. The van der Waals surface area contributed by atoms with Crippen LogP contribution in [0.2, 0.25) is 0 Å². The molecular formula is C27H34N2O5. The van der Waals surface area contributed by atoms with Crippen molar-refractivity contribution in [3.63, 3.8) is 0 Å². The molecule has 0 atom stereocenters. The van der Waals surface area contributed by atoms with Crippen molar-refractivity contribution in [2.75, 3.05) is 47.1 Å². The van der Waals surface area contributed by atoms with Gasteiger partial charge in [-0.15, -0.1) is 0 Å². The van der Waals surface area contributed by atoms with Gasteiger partial charge in [-0.3, -0.25) is 4.90 Å². The molecule has 0 bridgehead atoms.